The van der Waals surface area contributed by atoms with E-state index in [0.29, 0.717) is 30.4 Å². The molecule has 4 rings (SSSR count). The van der Waals surface area contributed by atoms with Crippen molar-refractivity contribution in [2.24, 2.45) is 0 Å². The highest BCUT2D eigenvalue weighted by Gasteiger charge is 2.19. The van der Waals surface area contributed by atoms with Crippen LogP contribution in [0.2, 0.25) is 0 Å². The van der Waals surface area contributed by atoms with Crippen LogP contribution in [0.4, 0.5) is 0 Å². The van der Waals surface area contributed by atoms with Crippen LogP contribution in [0, 0.1) is 0 Å². The van der Waals surface area contributed by atoms with Crippen molar-refractivity contribution in [3.63, 3.8) is 0 Å². The predicted molar refractivity (Wildman–Crippen MR) is 99.0 cm³/mol. The highest BCUT2D eigenvalue weighted by Crippen LogP contribution is 2.32. The number of rotatable bonds is 5. The van der Waals surface area contributed by atoms with Crippen LogP contribution in [0.15, 0.2) is 58.8 Å². The fraction of sp³-hybridized carbons (Fsp3) is 0.167. The molecule has 0 radical (unpaired) electrons. The Kier molecular flexibility index (Phi) is 4.62. The first-order chi connectivity index (χ1) is 12.6. The number of sulfonamides is 1. The summed E-state index contributed by atoms with van der Waals surface area (Å²) < 4.78 is 38.5. The van der Waals surface area contributed by atoms with Gasteiger partial charge in [-0.25, -0.2) is 18.1 Å². The summed E-state index contributed by atoms with van der Waals surface area (Å²) in [5.74, 6) is 1.00. The third-order valence-corrected chi connectivity index (χ3v) is 6.18. The fourth-order valence-corrected chi connectivity index (χ4v) is 4.38. The van der Waals surface area contributed by atoms with E-state index in [0.717, 1.165) is 10.6 Å². The van der Waals surface area contributed by atoms with E-state index in [1.165, 1.54) is 23.5 Å². The Bertz CT molecular complexity index is 1020. The molecule has 2 aromatic carbocycles. The van der Waals surface area contributed by atoms with Gasteiger partial charge in [0.1, 0.15) is 18.2 Å². The standard InChI is InChI=1S/C18H16N2O4S2/c21-26(22,15-6-7-16-17(10-15)24-9-8-23-16)19-11-14-12-25-18(20-14)13-4-2-1-3-5-13/h1-7,10,12,19H,8-9,11H2. The van der Waals surface area contributed by atoms with Crippen LogP contribution in [0.1, 0.15) is 5.69 Å². The zero-order valence-electron chi connectivity index (χ0n) is 13.7. The highest BCUT2D eigenvalue weighted by atomic mass is 32.2. The first-order valence-electron chi connectivity index (χ1n) is 8.01. The van der Waals surface area contributed by atoms with Crippen molar-refractivity contribution >= 4 is 21.4 Å². The summed E-state index contributed by atoms with van der Waals surface area (Å²) in [7, 11) is -3.67. The lowest BCUT2D eigenvalue weighted by Gasteiger charge is -2.18. The normalized spacial score (nSPS) is 13.5. The molecule has 0 fully saturated rings. The second kappa shape index (κ2) is 7.06. The maximum Gasteiger partial charge on any atom is 0.241 e. The Morgan fingerprint density at radius 2 is 1.81 bits per heavy atom. The van der Waals surface area contributed by atoms with Gasteiger partial charge < -0.3 is 9.47 Å². The smallest absolute Gasteiger partial charge is 0.241 e. The Morgan fingerprint density at radius 1 is 1.04 bits per heavy atom. The van der Waals surface area contributed by atoms with Crippen molar-refractivity contribution in [3.8, 4) is 22.1 Å². The molecule has 0 saturated heterocycles. The lowest BCUT2D eigenvalue weighted by atomic mass is 10.2. The first-order valence-corrected chi connectivity index (χ1v) is 10.4. The van der Waals surface area contributed by atoms with Gasteiger partial charge >= 0.3 is 0 Å². The number of nitrogens with one attached hydrogen (secondary N) is 1. The zero-order valence-corrected chi connectivity index (χ0v) is 15.3. The monoisotopic (exact) mass is 388 g/mol. The molecule has 2 heterocycles. The van der Waals surface area contributed by atoms with Crippen LogP contribution in [-0.4, -0.2) is 26.6 Å². The Morgan fingerprint density at radius 3 is 2.62 bits per heavy atom. The lowest BCUT2D eigenvalue weighted by molar-refractivity contribution is 0.171. The number of fused-ring (bicyclic) bond motifs is 1. The minimum absolute atomic E-state index is 0.125. The van der Waals surface area contributed by atoms with E-state index in [-0.39, 0.29) is 11.4 Å². The van der Waals surface area contributed by atoms with Crippen LogP contribution in [0.3, 0.4) is 0 Å². The Balaban J connectivity index is 1.48. The van der Waals surface area contributed by atoms with Crippen LogP contribution in [0.5, 0.6) is 11.5 Å². The molecule has 1 aliphatic heterocycles. The summed E-state index contributed by atoms with van der Waals surface area (Å²) in [4.78, 5) is 4.63. The summed E-state index contributed by atoms with van der Waals surface area (Å²) in [5, 5.41) is 2.72. The number of thiazole rings is 1. The van der Waals surface area contributed by atoms with Gasteiger partial charge in [-0.05, 0) is 12.1 Å². The van der Waals surface area contributed by atoms with Gasteiger partial charge in [0.05, 0.1) is 17.1 Å². The number of ether oxygens (including phenoxy) is 2. The second-order valence-corrected chi connectivity index (χ2v) is 8.27. The van der Waals surface area contributed by atoms with Gasteiger partial charge in [0.15, 0.2) is 11.5 Å². The zero-order chi connectivity index (χ0) is 18.0. The number of nitrogens with zero attached hydrogens (tertiary/aromatic N) is 1. The van der Waals surface area contributed by atoms with E-state index in [4.69, 9.17) is 9.47 Å². The molecule has 0 amide bonds. The van der Waals surface area contributed by atoms with Crippen LogP contribution < -0.4 is 14.2 Å². The number of hydrogen-bond acceptors (Lipinski definition) is 6. The van der Waals surface area contributed by atoms with E-state index in [2.05, 4.69) is 9.71 Å². The van der Waals surface area contributed by atoms with Crippen LogP contribution in [-0.2, 0) is 16.6 Å². The number of aromatic nitrogens is 1. The van der Waals surface area contributed by atoms with Crippen molar-refractivity contribution in [2.75, 3.05) is 13.2 Å². The average Bonchev–Trinajstić information content (AvgIpc) is 3.16. The molecule has 134 valence electrons. The van der Waals surface area contributed by atoms with Crippen molar-refractivity contribution in [3.05, 3.63) is 59.6 Å². The molecule has 0 aliphatic carbocycles. The van der Waals surface area contributed by atoms with Crippen molar-refractivity contribution < 1.29 is 17.9 Å². The molecule has 0 atom stereocenters. The Labute approximate surface area is 155 Å². The molecule has 1 aromatic heterocycles. The summed E-state index contributed by atoms with van der Waals surface area (Å²) in [6.45, 7) is 0.996. The SMILES string of the molecule is O=S(=O)(NCc1csc(-c2ccccc2)n1)c1ccc2c(c1)OCCO2. The van der Waals surface area contributed by atoms with E-state index < -0.39 is 10.0 Å². The number of benzene rings is 2. The van der Waals surface area contributed by atoms with Gasteiger partial charge in [-0.1, -0.05) is 30.3 Å². The molecular weight excluding hydrogens is 372 g/mol. The average molecular weight is 388 g/mol. The third-order valence-electron chi connectivity index (χ3n) is 3.84. The second-order valence-electron chi connectivity index (χ2n) is 5.64. The van der Waals surface area contributed by atoms with E-state index in [1.54, 1.807) is 6.07 Å². The molecule has 0 spiro atoms. The van der Waals surface area contributed by atoms with Crippen molar-refractivity contribution in [1.29, 1.82) is 0 Å². The van der Waals surface area contributed by atoms with Crippen molar-refractivity contribution in [2.45, 2.75) is 11.4 Å². The van der Waals surface area contributed by atoms with Gasteiger partial charge in [-0.3, -0.25) is 0 Å². The molecule has 1 aliphatic rings. The lowest BCUT2D eigenvalue weighted by Crippen LogP contribution is -2.24. The van der Waals surface area contributed by atoms with Gasteiger partial charge in [0, 0.05) is 17.0 Å². The maximum absolute atomic E-state index is 12.5. The first kappa shape index (κ1) is 17.0. The highest BCUT2D eigenvalue weighted by molar-refractivity contribution is 7.89. The maximum atomic E-state index is 12.5. The third kappa shape index (κ3) is 3.57. The molecular formula is C18H16N2O4S2. The minimum Gasteiger partial charge on any atom is -0.486 e. The van der Waals surface area contributed by atoms with E-state index in [1.807, 2.05) is 35.7 Å². The molecule has 1 N–H and O–H groups in total. The summed E-state index contributed by atoms with van der Waals surface area (Å²) in [6, 6.07) is 14.4. The summed E-state index contributed by atoms with van der Waals surface area (Å²) in [5.41, 5.74) is 1.69. The van der Waals surface area contributed by atoms with Crippen LogP contribution >= 0.6 is 11.3 Å². The van der Waals surface area contributed by atoms with Crippen molar-refractivity contribution in [1.82, 2.24) is 9.71 Å². The summed E-state index contributed by atoms with van der Waals surface area (Å²) in [6.07, 6.45) is 0. The number of hydrogen-bond donors (Lipinski definition) is 1. The molecule has 3 aromatic rings. The molecule has 6 nitrogen and oxygen atoms in total. The minimum atomic E-state index is -3.67. The molecule has 26 heavy (non-hydrogen) atoms. The quantitative estimate of drug-likeness (QED) is 0.727. The van der Waals surface area contributed by atoms with Crippen LogP contribution in [0.25, 0.3) is 10.6 Å². The fourth-order valence-electron chi connectivity index (χ4n) is 2.54. The van der Waals surface area contributed by atoms with Gasteiger partial charge in [0.25, 0.3) is 0 Å². The van der Waals surface area contributed by atoms with Gasteiger partial charge in [0.2, 0.25) is 10.0 Å². The molecule has 0 unspecified atom stereocenters. The molecule has 8 heteroatoms. The van der Waals surface area contributed by atoms with Gasteiger partial charge in [-0.15, -0.1) is 11.3 Å². The van der Waals surface area contributed by atoms with Gasteiger partial charge in [-0.2, -0.15) is 0 Å². The van der Waals surface area contributed by atoms with E-state index in [9.17, 15) is 8.42 Å². The predicted octanol–water partition coefficient (Wildman–Crippen LogP) is 3.06. The topological polar surface area (TPSA) is 77.5 Å². The molecule has 0 bridgehead atoms. The molecule has 0 saturated carbocycles. The Hall–Kier alpha value is -2.42. The summed E-state index contributed by atoms with van der Waals surface area (Å²) >= 11 is 1.49. The largest absolute Gasteiger partial charge is 0.486 e. The van der Waals surface area contributed by atoms with E-state index >= 15 is 0 Å².